The fourth-order valence-electron chi connectivity index (χ4n) is 2.22. The molecule has 0 amide bonds. The predicted octanol–water partition coefficient (Wildman–Crippen LogP) is 3.64. The molecule has 2 rings (SSSR count). The lowest BCUT2D eigenvalue weighted by atomic mass is 9.92. The number of hydrogen-bond acceptors (Lipinski definition) is 4. The molecule has 0 aliphatic carbocycles. The smallest absolute Gasteiger partial charge is 0.237 e. The Morgan fingerprint density at radius 3 is 2.75 bits per heavy atom. The molecule has 1 heterocycles. The average molecular weight is 293 g/mol. The minimum absolute atomic E-state index is 0.0398. The molecule has 106 valence electrons. The Labute approximate surface area is 123 Å². The Bertz CT molecular complexity index is 607. The van der Waals surface area contributed by atoms with Crippen LogP contribution in [0.25, 0.3) is 0 Å². The molecule has 1 aromatic heterocycles. The van der Waals surface area contributed by atoms with E-state index in [0.717, 1.165) is 5.56 Å². The first-order chi connectivity index (χ1) is 9.47. The molecule has 0 N–H and O–H groups in total. The number of benzene rings is 1. The fourth-order valence-corrected chi connectivity index (χ4v) is 2.44. The van der Waals surface area contributed by atoms with E-state index < -0.39 is 0 Å². The van der Waals surface area contributed by atoms with Crippen LogP contribution in [0.4, 0.5) is 0 Å². The standard InChI is InChI=1S/C15H17ClN2O2/c1-9(2)14(10(3)19)15-17-13(18-20-15)8-11-5-4-6-12(16)7-11/h4-7,9,14H,8H2,1-3H3. The van der Waals surface area contributed by atoms with Gasteiger partial charge in [0.2, 0.25) is 5.89 Å². The lowest BCUT2D eigenvalue weighted by Gasteiger charge is -2.12. The minimum atomic E-state index is -0.337. The van der Waals surface area contributed by atoms with Crippen LogP contribution in [0.3, 0.4) is 0 Å². The molecule has 1 unspecified atom stereocenters. The zero-order valence-corrected chi connectivity index (χ0v) is 12.5. The molecule has 5 heteroatoms. The quantitative estimate of drug-likeness (QED) is 0.844. The summed E-state index contributed by atoms with van der Waals surface area (Å²) < 4.78 is 5.24. The van der Waals surface area contributed by atoms with E-state index in [1.807, 2.05) is 38.1 Å². The van der Waals surface area contributed by atoms with Crippen molar-refractivity contribution in [2.24, 2.45) is 5.92 Å². The maximum atomic E-state index is 11.7. The van der Waals surface area contributed by atoms with Crippen molar-refractivity contribution in [1.82, 2.24) is 10.1 Å². The molecule has 0 aliphatic rings. The van der Waals surface area contributed by atoms with Gasteiger partial charge in [0.15, 0.2) is 5.82 Å². The summed E-state index contributed by atoms with van der Waals surface area (Å²) >= 11 is 5.94. The van der Waals surface area contributed by atoms with Crippen molar-refractivity contribution in [2.75, 3.05) is 0 Å². The van der Waals surface area contributed by atoms with E-state index >= 15 is 0 Å². The molecular weight excluding hydrogens is 276 g/mol. The fraction of sp³-hybridized carbons (Fsp3) is 0.400. The second-order valence-electron chi connectivity index (χ2n) is 5.19. The van der Waals surface area contributed by atoms with Gasteiger partial charge >= 0.3 is 0 Å². The van der Waals surface area contributed by atoms with Gasteiger partial charge in [-0.15, -0.1) is 0 Å². The van der Waals surface area contributed by atoms with Crippen molar-refractivity contribution in [1.29, 1.82) is 0 Å². The average Bonchev–Trinajstić information content (AvgIpc) is 2.76. The zero-order valence-electron chi connectivity index (χ0n) is 11.8. The van der Waals surface area contributed by atoms with E-state index in [1.165, 1.54) is 0 Å². The van der Waals surface area contributed by atoms with E-state index in [1.54, 1.807) is 6.92 Å². The van der Waals surface area contributed by atoms with Crippen molar-refractivity contribution >= 4 is 17.4 Å². The van der Waals surface area contributed by atoms with Gasteiger partial charge in [0.1, 0.15) is 5.78 Å². The number of ketones is 1. The third kappa shape index (κ3) is 3.45. The number of halogens is 1. The highest BCUT2D eigenvalue weighted by atomic mass is 35.5. The summed E-state index contributed by atoms with van der Waals surface area (Å²) in [7, 11) is 0. The monoisotopic (exact) mass is 292 g/mol. The van der Waals surface area contributed by atoms with Gasteiger partial charge in [-0.3, -0.25) is 4.79 Å². The number of aromatic nitrogens is 2. The molecule has 0 spiro atoms. The van der Waals surface area contributed by atoms with Crippen molar-refractivity contribution in [3.63, 3.8) is 0 Å². The van der Waals surface area contributed by atoms with Crippen LogP contribution in [0.5, 0.6) is 0 Å². The normalized spacial score (nSPS) is 12.7. The van der Waals surface area contributed by atoms with Crippen LogP contribution in [0.15, 0.2) is 28.8 Å². The molecule has 0 aliphatic heterocycles. The van der Waals surface area contributed by atoms with Crippen molar-refractivity contribution in [3.8, 4) is 0 Å². The highest BCUT2D eigenvalue weighted by Crippen LogP contribution is 2.24. The van der Waals surface area contributed by atoms with Crippen LogP contribution < -0.4 is 0 Å². The molecule has 0 saturated carbocycles. The van der Waals surface area contributed by atoms with Gasteiger partial charge in [-0.1, -0.05) is 42.7 Å². The molecule has 0 bridgehead atoms. The summed E-state index contributed by atoms with van der Waals surface area (Å²) in [6.07, 6.45) is 0.535. The SMILES string of the molecule is CC(=O)C(c1nc(Cc2cccc(Cl)c2)no1)C(C)C. The van der Waals surface area contributed by atoms with Crippen LogP contribution in [0.1, 0.15) is 44.0 Å². The van der Waals surface area contributed by atoms with Gasteiger partial charge in [-0.05, 0) is 30.5 Å². The van der Waals surface area contributed by atoms with Gasteiger partial charge in [0, 0.05) is 11.4 Å². The van der Waals surface area contributed by atoms with E-state index in [-0.39, 0.29) is 17.6 Å². The largest absolute Gasteiger partial charge is 0.339 e. The number of nitrogens with zero attached hydrogens (tertiary/aromatic N) is 2. The Kier molecular flexibility index (Phi) is 4.55. The number of carbonyl (C=O) groups excluding carboxylic acids is 1. The summed E-state index contributed by atoms with van der Waals surface area (Å²) in [6, 6.07) is 7.51. The van der Waals surface area contributed by atoms with Crippen LogP contribution in [-0.4, -0.2) is 15.9 Å². The van der Waals surface area contributed by atoms with E-state index in [9.17, 15) is 4.79 Å². The van der Waals surface area contributed by atoms with Crippen LogP contribution in [0.2, 0.25) is 5.02 Å². The first-order valence-corrected chi connectivity index (χ1v) is 6.92. The highest BCUT2D eigenvalue weighted by Gasteiger charge is 2.26. The molecule has 1 aromatic carbocycles. The number of rotatable bonds is 5. The summed E-state index contributed by atoms with van der Waals surface area (Å²) in [5.41, 5.74) is 1.01. The topological polar surface area (TPSA) is 56.0 Å². The Hall–Kier alpha value is -1.68. The van der Waals surface area contributed by atoms with Crippen LogP contribution >= 0.6 is 11.6 Å². The van der Waals surface area contributed by atoms with Gasteiger partial charge in [0.05, 0.1) is 5.92 Å². The zero-order chi connectivity index (χ0) is 14.7. The minimum Gasteiger partial charge on any atom is -0.339 e. The summed E-state index contributed by atoms with van der Waals surface area (Å²) in [4.78, 5) is 16.0. The summed E-state index contributed by atoms with van der Waals surface area (Å²) in [5, 5.41) is 4.62. The number of Topliss-reactive ketones (excluding diaryl/α,β-unsaturated/α-hetero) is 1. The Balaban J connectivity index is 2.18. The second kappa shape index (κ2) is 6.18. The molecule has 20 heavy (non-hydrogen) atoms. The van der Waals surface area contributed by atoms with Crippen molar-refractivity contribution in [2.45, 2.75) is 33.1 Å². The lowest BCUT2D eigenvalue weighted by molar-refractivity contribution is -0.119. The maximum absolute atomic E-state index is 11.7. The van der Waals surface area contributed by atoms with Gasteiger partial charge < -0.3 is 4.52 Å². The Morgan fingerprint density at radius 2 is 2.15 bits per heavy atom. The van der Waals surface area contributed by atoms with Crippen molar-refractivity contribution < 1.29 is 9.32 Å². The molecule has 2 aromatic rings. The third-order valence-corrected chi connectivity index (χ3v) is 3.34. The van der Waals surface area contributed by atoms with Crippen LogP contribution in [0, 0.1) is 5.92 Å². The molecular formula is C15H17ClN2O2. The lowest BCUT2D eigenvalue weighted by Crippen LogP contribution is -2.15. The van der Waals surface area contributed by atoms with Gasteiger partial charge in [0.25, 0.3) is 0 Å². The molecule has 4 nitrogen and oxygen atoms in total. The first-order valence-electron chi connectivity index (χ1n) is 6.54. The molecule has 0 radical (unpaired) electrons. The third-order valence-electron chi connectivity index (χ3n) is 3.11. The van der Waals surface area contributed by atoms with E-state index in [0.29, 0.717) is 23.2 Å². The second-order valence-corrected chi connectivity index (χ2v) is 5.62. The molecule has 0 saturated heterocycles. The highest BCUT2D eigenvalue weighted by molar-refractivity contribution is 6.30. The summed E-state index contributed by atoms with van der Waals surface area (Å²) in [6.45, 7) is 5.48. The number of carbonyl (C=O) groups is 1. The van der Waals surface area contributed by atoms with E-state index in [4.69, 9.17) is 16.1 Å². The maximum Gasteiger partial charge on any atom is 0.237 e. The number of hydrogen-bond donors (Lipinski definition) is 0. The summed E-state index contributed by atoms with van der Waals surface area (Å²) in [5.74, 6) is 0.791. The van der Waals surface area contributed by atoms with E-state index in [2.05, 4.69) is 10.1 Å². The molecule has 1 atom stereocenters. The van der Waals surface area contributed by atoms with Gasteiger partial charge in [-0.25, -0.2) is 0 Å². The molecule has 0 fully saturated rings. The Morgan fingerprint density at radius 1 is 1.40 bits per heavy atom. The van der Waals surface area contributed by atoms with Gasteiger partial charge in [-0.2, -0.15) is 4.98 Å². The first kappa shape index (κ1) is 14.7. The van der Waals surface area contributed by atoms with Crippen LogP contribution in [-0.2, 0) is 11.2 Å². The predicted molar refractivity (Wildman–Crippen MR) is 76.8 cm³/mol. The van der Waals surface area contributed by atoms with Crippen molar-refractivity contribution in [3.05, 3.63) is 46.6 Å².